The van der Waals surface area contributed by atoms with Crippen molar-refractivity contribution in [1.82, 2.24) is 9.88 Å². The van der Waals surface area contributed by atoms with E-state index < -0.39 is 11.8 Å². The summed E-state index contributed by atoms with van der Waals surface area (Å²) in [4.78, 5) is 42.8. The van der Waals surface area contributed by atoms with Crippen LogP contribution in [-0.4, -0.2) is 27.6 Å². The fourth-order valence-corrected chi connectivity index (χ4v) is 2.92. The number of imide groups is 1. The highest BCUT2D eigenvalue weighted by Gasteiger charge is 2.36. The minimum atomic E-state index is -0.446. The molecule has 2 aromatic heterocycles. The molecule has 3 amide bonds. The van der Waals surface area contributed by atoms with Crippen LogP contribution in [0.25, 0.3) is 0 Å². The van der Waals surface area contributed by atoms with Crippen LogP contribution in [0.2, 0.25) is 0 Å². The zero-order valence-corrected chi connectivity index (χ0v) is 14.4. The lowest BCUT2D eigenvalue weighted by Gasteiger charge is -2.11. The first-order chi connectivity index (χ1) is 13.0. The van der Waals surface area contributed by atoms with E-state index in [0.29, 0.717) is 11.4 Å². The lowest BCUT2D eigenvalue weighted by molar-refractivity contribution is 0.0631. The fourth-order valence-electron chi connectivity index (χ4n) is 2.92. The molecule has 0 radical (unpaired) electrons. The van der Waals surface area contributed by atoms with Gasteiger partial charge in [0.15, 0.2) is 0 Å². The molecule has 1 aromatic carbocycles. The highest BCUT2D eigenvalue weighted by Crippen LogP contribution is 2.26. The summed E-state index contributed by atoms with van der Waals surface area (Å²) in [6.45, 7) is 1.91. The highest BCUT2D eigenvalue weighted by molar-refractivity contribution is 6.22. The lowest BCUT2D eigenvalue weighted by atomic mass is 10.1. The van der Waals surface area contributed by atoms with E-state index in [0.717, 1.165) is 10.5 Å². The molecule has 7 heteroatoms. The molecular formula is C20H15N3O4. The van der Waals surface area contributed by atoms with Crippen LogP contribution < -0.4 is 5.32 Å². The molecule has 0 atom stereocenters. The van der Waals surface area contributed by atoms with Gasteiger partial charge in [0.1, 0.15) is 5.76 Å². The number of pyridine rings is 1. The van der Waals surface area contributed by atoms with E-state index in [-0.39, 0.29) is 29.1 Å². The first-order valence-corrected chi connectivity index (χ1v) is 8.29. The SMILES string of the molecule is Cc1ccncc1NC(=O)c1ccc2c(c1)C(=O)N(Cc1ccco1)C2=O. The molecule has 0 saturated heterocycles. The number of nitrogens with one attached hydrogen (secondary N) is 1. The number of hydrogen-bond acceptors (Lipinski definition) is 5. The first kappa shape index (κ1) is 16.7. The van der Waals surface area contributed by atoms with E-state index in [4.69, 9.17) is 4.42 Å². The summed E-state index contributed by atoms with van der Waals surface area (Å²) < 4.78 is 5.21. The number of aromatic nitrogens is 1. The van der Waals surface area contributed by atoms with Crippen LogP contribution in [0.3, 0.4) is 0 Å². The molecule has 1 aliphatic rings. The molecule has 0 bridgehead atoms. The second-order valence-corrected chi connectivity index (χ2v) is 6.18. The molecule has 134 valence electrons. The molecule has 0 saturated carbocycles. The molecule has 0 fully saturated rings. The standard InChI is InChI=1S/C20H15N3O4/c1-12-6-7-21-10-17(12)22-18(24)13-4-5-15-16(9-13)20(26)23(19(15)25)11-14-3-2-8-27-14/h2-10H,11H2,1H3,(H,22,24). The van der Waals surface area contributed by atoms with E-state index in [9.17, 15) is 14.4 Å². The Kier molecular flexibility index (Phi) is 4.04. The smallest absolute Gasteiger partial charge is 0.261 e. The van der Waals surface area contributed by atoms with E-state index >= 15 is 0 Å². The van der Waals surface area contributed by atoms with Crippen LogP contribution >= 0.6 is 0 Å². The molecule has 0 unspecified atom stereocenters. The van der Waals surface area contributed by atoms with Crippen LogP contribution in [0.5, 0.6) is 0 Å². The maximum atomic E-state index is 12.6. The quantitative estimate of drug-likeness (QED) is 0.721. The number of furan rings is 1. The van der Waals surface area contributed by atoms with Gasteiger partial charge in [0.05, 0.1) is 35.8 Å². The molecule has 27 heavy (non-hydrogen) atoms. The Morgan fingerprint density at radius 1 is 1.15 bits per heavy atom. The number of amides is 3. The largest absolute Gasteiger partial charge is 0.467 e. The first-order valence-electron chi connectivity index (χ1n) is 8.29. The maximum Gasteiger partial charge on any atom is 0.261 e. The van der Waals surface area contributed by atoms with Crippen LogP contribution in [0.1, 0.15) is 42.4 Å². The van der Waals surface area contributed by atoms with Crippen molar-refractivity contribution in [2.75, 3.05) is 5.32 Å². The van der Waals surface area contributed by atoms with E-state index in [1.807, 2.05) is 6.92 Å². The van der Waals surface area contributed by atoms with Crippen LogP contribution in [-0.2, 0) is 6.54 Å². The van der Waals surface area contributed by atoms with Gasteiger partial charge in [0.25, 0.3) is 17.7 Å². The number of benzene rings is 1. The normalized spacial score (nSPS) is 13.0. The van der Waals surface area contributed by atoms with Crippen molar-refractivity contribution >= 4 is 23.4 Å². The number of fused-ring (bicyclic) bond motifs is 1. The van der Waals surface area contributed by atoms with Gasteiger partial charge in [-0.25, -0.2) is 0 Å². The van der Waals surface area contributed by atoms with E-state index in [1.165, 1.54) is 24.5 Å². The Hall–Kier alpha value is -3.74. The molecule has 1 N–H and O–H groups in total. The fraction of sp³-hybridized carbons (Fsp3) is 0.100. The van der Waals surface area contributed by atoms with Crippen molar-refractivity contribution in [2.45, 2.75) is 13.5 Å². The van der Waals surface area contributed by atoms with E-state index in [1.54, 1.807) is 30.6 Å². The van der Waals surface area contributed by atoms with Gasteiger partial charge < -0.3 is 9.73 Å². The number of aryl methyl sites for hydroxylation is 1. The predicted molar refractivity (Wildman–Crippen MR) is 96.3 cm³/mol. The second-order valence-electron chi connectivity index (χ2n) is 6.18. The average molecular weight is 361 g/mol. The van der Waals surface area contributed by atoms with Crippen molar-refractivity contribution < 1.29 is 18.8 Å². The average Bonchev–Trinajstić information content (AvgIpc) is 3.26. The predicted octanol–water partition coefficient (Wildman–Crippen LogP) is 3.03. The highest BCUT2D eigenvalue weighted by atomic mass is 16.3. The molecule has 3 heterocycles. The zero-order chi connectivity index (χ0) is 19.0. The Bertz CT molecular complexity index is 1060. The number of carbonyl (C=O) groups is 3. The minimum Gasteiger partial charge on any atom is -0.467 e. The monoisotopic (exact) mass is 361 g/mol. The number of rotatable bonds is 4. The molecule has 7 nitrogen and oxygen atoms in total. The Balaban J connectivity index is 1.59. The minimum absolute atomic E-state index is 0.0513. The van der Waals surface area contributed by atoms with Crippen molar-refractivity contribution in [3.8, 4) is 0 Å². The third-order valence-corrected chi connectivity index (χ3v) is 4.41. The molecule has 1 aliphatic heterocycles. The van der Waals surface area contributed by atoms with Gasteiger partial charge in [-0.1, -0.05) is 0 Å². The molecule has 0 spiro atoms. The summed E-state index contributed by atoms with van der Waals surface area (Å²) in [6.07, 6.45) is 4.68. The summed E-state index contributed by atoms with van der Waals surface area (Å²) in [7, 11) is 0. The van der Waals surface area contributed by atoms with Gasteiger partial charge in [-0.3, -0.25) is 24.3 Å². The second kappa shape index (κ2) is 6.53. The van der Waals surface area contributed by atoms with Crippen molar-refractivity contribution in [1.29, 1.82) is 0 Å². The van der Waals surface area contributed by atoms with Gasteiger partial charge >= 0.3 is 0 Å². The Morgan fingerprint density at radius 3 is 2.70 bits per heavy atom. The molecular weight excluding hydrogens is 346 g/mol. The van der Waals surface area contributed by atoms with Crippen molar-refractivity contribution in [3.05, 3.63) is 83.1 Å². The van der Waals surface area contributed by atoms with E-state index in [2.05, 4.69) is 10.3 Å². The van der Waals surface area contributed by atoms with Gasteiger partial charge in [-0.15, -0.1) is 0 Å². The van der Waals surface area contributed by atoms with Gasteiger partial charge in [0.2, 0.25) is 0 Å². The molecule has 4 rings (SSSR count). The molecule has 0 aliphatic carbocycles. The number of anilines is 1. The summed E-state index contributed by atoms with van der Waals surface area (Å²) >= 11 is 0. The van der Waals surface area contributed by atoms with Crippen LogP contribution in [0.4, 0.5) is 5.69 Å². The number of carbonyl (C=O) groups excluding carboxylic acids is 3. The maximum absolute atomic E-state index is 12.6. The lowest BCUT2D eigenvalue weighted by Crippen LogP contribution is -2.28. The summed E-state index contributed by atoms with van der Waals surface area (Å²) in [5.41, 5.74) is 2.24. The van der Waals surface area contributed by atoms with Crippen LogP contribution in [0.15, 0.2) is 59.5 Å². The third kappa shape index (κ3) is 2.99. The summed E-state index contributed by atoms with van der Waals surface area (Å²) in [5, 5.41) is 2.77. The summed E-state index contributed by atoms with van der Waals surface area (Å²) in [6, 6.07) is 9.64. The van der Waals surface area contributed by atoms with Crippen molar-refractivity contribution in [2.24, 2.45) is 0 Å². The van der Waals surface area contributed by atoms with Crippen LogP contribution in [0, 0.1) is 6.92 Å². The number of nitrogens with zero attached hydrogens (tertiary/aromatic N) is 2. The third-order valence-electron chi connectivity index (χ3n) is 4.41. The van der Waals surface area contributed by atoms with Gasteiger partial charge in [-0.2, -0.15) is 0 Å². The molecule has 3 aromatic rings. The van der Waals surface area contributed by atoms with Gasteiger partial charge in [0, 0.05) is 11.8 Å². The Morgan fingerprint density at radius 2 is 1.96 bits per heavy atom. The van der Waals surface area contributed by atoms with Gasteiger partial charge in [-0.05, 0) is 48.9 Å². The topological polar surface area (TPSA) is 92.5 Å². The Labute approximate surface area is 154 Å². The summed E-state index contributed by atoms with van der Waals surface area (Å²) in [5.74, 6) is -0.715. The van der Waals surface area contributed by atoms with Crippen molar-refractivity contribution in [3.63, 3.8) is 0 Å². The number of hydrogen-bond donors (Lipinski definition) is 1. The zero-order valence-electron chi connectivity index (χ0n) is 14.4.